The standard InChI is InChI=1S/C23H38O2/c1-6-7-8-9-10-19(2)15-20(3)16-21(4)17-25-18-22-11-13-23(24-5)14-12-22/h11-14,16,19,21H,6-10,15,17-18H2,1-5H3/b20-16+/t19-,21+/m1/s1. The highest BCUT2D eigenvalue weighted by Gasteiger charge is 2.05. The maximum absolute atomic E-state index is 5.87. The van der Waals surface area contributed by atoms with Gasteiger partial charge in [0.25, 0.3) is 0 Å². The Morgan fingerprint density at radius 3 is 2.44 bits per heavy atom. The van der Waals surface area contributed by atoms with Crippen LogP contribution in [0.25, 0.3) is 0 Å². The van der Waals surface area contributed by atoms with E-state index in [-0.39, 0.29) is 0 Å². The molecule has 0 heterocycles. The highest BCUT2D eigenvalue weighted by atomic mass is 16.5. The second-order valence-electron chi connectivity index (χ2n) is 7.51. The zero-order chi connectivity index (χ0) is 18.5. The van der Waals surface area contributed by atoms with Crippen LogP contribution in [0.1, 0.15) is 71.8 Å². The van der Waals surface area contributed by atoms with Gasteiger partial charge in [0.15, 0.2) is 0 Å². The summed E-state index contributed by atoms with van der Waals surface area (Å²) in [6.07, 6.45) is 10.4. The highest BCUT2D eigenvalue weighted by Crippen LogP contribution is 2.19. The number of ether oxygens (including phenoxy) is 2. The van der Waals surface area contributed by atoms with E-state index >= 15 is 0 Å². The summed E-state index contributed by atoms with van der Waals surface area (Å²) in [5, 5.41) is 0. The van der Waals surface area contributed by atoms with Gasteiger partial charge in [-0.3, -0.25) is 0 Å². The van der Waals surface area contributed by atoms with Crippen LogP contribution in [0.5, 0.6) is 5.75 Å². The van der Waals surface area contributed by atoms with Crippen molar-refractivity contribution in [3.05, 3.63) is 41.5 Å². The Morgan fingerprint density at radius 2 is 1.80 bits per heavy atom. The molecule has 0 spiro atoms. The second-order valence-corrected chi connectivity index (χ2v) is 7.51. The lowest BCUT2D eigenvalue weighted by molar-refractivity contribution is 0.104. The molecule has 1 aromatic rings. The summed E-state index contributed by atoms with van der Waals surface area (Å²) in [6.45, 7) is 10.6. The van der Waals surface area contributed by atoms with E-state index in [4.69, 9.17) is 9.47 Å². The summed E-state index contributed by atoms with van der Waals surface area (Å²) in [7, 11) is 1.69. The molecule has 1 aromatic carbocycles. The lowest BCUT2D eigenvalue weighted by Crippen LogP contribution is -2.05. The lowest BCUT2D eigenvalue weighted by Gasteiger charge is -2.14. The molecule has 0 fully saturated rings. The molecule has 25 heavy (non-hydrogen) atoms. The van der Waals surface area contributed by atoms with E-state index < -0.39 is 0 Å². The van der Waals surface area contributed by atoms with Gasteiger partial charge in [-0.05, 0) is 42.9 Å². The fourth-order valence-electron chi connectivity index (χ4n) is 3.26. The van der Waals surface area contributed by atoms with Gasteiger partial charge in [-0.2, -0.15) is 0 Å². The number of unbranched alkanes of at least 4 members (excludes halogenated alkanes) is 3. The Labute approximate surface area is 155 Å². The van der Waals surface area contributed by atoms with E-state index in [0.717, 1.165) is 18.3 Å². The van der Waals surface area contributed by atoms with E-state index in [9.17, 15) is 0 Å². The Hall–Kier alpha value is -1.28. The van der Waals surface area contributed by atoms with Gasteiger partial charge in [-0.25, -0.2) is 0 Å². The summed E-state index contributed by atoms with van der Waals surface area (Å²) < 4.78 is 11.0. The van der Waals surface area contributed by atoms with E-state index in [1.165, 1.54) is 49.7 Å². The molecule has 2 nitrogen and oxygen atoms in total. The first-order chi connectivity index (χ1) is 12.0. The molecule has 0 unspecified atom stereocenters. The van der Waals surface area contributed by atoms with E-state index in [2.05, 4.69) is 45.9 Å². The summed E-state index contributed by atoms with van der Waals surface area (Å²) in [4.78, 5) is 0. The SMILES string of the molecule is CCCCCC[C@@H](C)C/C(C)=C/[C@H](C)COCc1ccc(OC)cc1. The van der Waals surface area contributed by atoms with Crippen molar-refractivity contribution >= 4 is 0 Å². The molecule has 0 aromatic heterocycles. The van der Waals surface area contributed by atoms with Crippen LogP contribution in [-0.4, -0.2) is 13.7 Å². The summed E-state index contributed by atoms with van der Waals surface area (Å²) in [5.74, 6) is 2.14. The van der Waals surface area contributed by atoms with E-state index in [0.29, 0.717) is 12.5 Å². The normalized spacial score (nSPS) is 14.4. The number of rotatable bonds is 13. The molecule has 142 valence electrons. The molecule has 0 amide bonds. The minimum atomic E-state index is 0.463. The van der Waals surface area contributed by atoms with Crippen LogP contribution in [0.4, 0.5) is 0 Å². The summed E-state index contributed by atoms with van der Waals surface area (Å²) in [6, 6.07) is 8.08. The monoisotopic (exact) mass is 346 g/mol. The van der Waals surface area contributed by atoms with Crippen LogP contribution >= 0.6 is 0 Å². The van der Waals surface area contributed by atoms with Crippen molar-refractivity contribution in [3.8, 4) is 5.75 Å². The fourth-order valence-corrected chi connectivity index (χ4v) is 3.26. The van der Waals surface area contributed by atoms with Crippen LogP contribution in [0.15, 0.2) is 35.9 Å². The van der Waals surface area contributed by atoms with Crippen molar-refractivity contribution in [2.45, 2.75) is 72.8 Å². The first-order valence-corrected chi connectivity index (χ1v) is 9.93. The van der Waals surface area contributed by atoms with Gasteiger partial charge in [0, 0.05) is 0 Å². The van der Waals surface area contributed by atoms with Crippen molar-refractivity contribution in [2.75, 3.05) is 13.7 Å². The van der Waals surface area contributed by atoms with Crippen molar-refractivity contribution < 1.29 is 9.47 Å². The molecule has 2 atom stereocenters. The summed E-state index contributed by atoms with van der Waals surface area (Å²) in [5.41, 5.74) is 2.69. The minimum Gasteiger partial charge on any atom is -0.497 e. The third-order valence-electron chi connectivity index (χ3n) is 4.60. The van der Waals surface area contributed by atoms with Crippen molar-refractivity contribution in [2.24, 2.45) is 11.8 Å². The second kappa shape index (κ2) is 13.0. The molecular weight excluding hydrogens is 308 g/mol. The van der Waals surface area contributed by atoms with Crippen LogP contribution in [0.2, 0.25) is 0 Å². The van der Waals surface area contributed by atoms with Crippen LogP contribution in [0.3, 0.4) is 0 Å². The Balaban J connectivity index is 2.23. The largest absolute Gasteiger partial charge is 0.497 e. The van der Waals surface area contributed by atoms with Crippen LogP contribution in [0, 0.1) is 11.8 Å². The average molecular weight is 347 g/mol. The van der Waals surface area contributed by atoms with Gasteiger partial charge >= 0.3 is 0 Å². The van der Waals surface area contributed by atoms with Gasteiger partial charge in [0.2, 0.25) is 0 Å². The third kappa shape index (κ3) is 10.3. The number of benzene rings is 1. The first-order valence-electron chi connectivity index (χ1n) is 9.93. The predicted molar refractivity (Wildman–Crippen MR) is 108 cm³/mol. The van der Waals surface area contributed by atoms with Gasteiger partial charge in [-0.1, -0.05) is 76.7 Å². The number of allylic oxidation sites excluding steroid dienone is 1. The van der Waals surface area contributed by atoms with Gasteiger partial charge < -0.3 is 9.47 Å². The Morgan fingerprint density at radius 1 is 1.08 bits per heavy atom. The zero-order valence-corrected chi connectivity index (χ0v) is 17.0. The average Bonchev–Trinajstić information content (AvgIpc) is 2.59. The Kier molecular flexibility index (Phi) is 11.3. The van der Waals surface area contributed by atoms with Crippen molar-refractivity contribution in [3.63, 3.8) is 0 Å². The minimum absolute atomic E-state index is 0.463. The Bertz CT molecular complexity index is 475. The predicted octanol–water partition coefficient (Wildman–Crippen LogP) is 6.79. The number of hydrogen-bond acceptors (Lipinski definition) is 2. The van der Waals surface area contributed by atoms with Crippen molar-refractivity contribution in [1.82, 2.24) is 0 Å². The maximum Gasteiger partial charge on any atom is 0.118 e. The molecule has 0 bridgehead atoms. The molecule has 0 saturated carbocycles. The molecule has 2 heteroatoms. The van der Waals surface area contributed by atoms with Gasteiger partial charge in [0.1, 0.15) is 5.75 Å². The molecule has 1 rings (SSSR count). The number of methoxy groups -OCH3 is 1. The topological polar surface area (TPSA) is 18.5 Å². The van der Waals surface area contributed by atoms with E-state index in [1.54, 1.807) is 7.11 Å². The van der Waals surface area contributed by atoms with Gasteiger partial charge in [0.05, 0.1) is 20.3 Å². The molecule has 0 aliphatic rings. The fraction of sp³-hybridized carbons (Fsp3) is 0.652. The highest BCUT2D eigenvalue weighted by molar-refractivity contribution is 5.26. The molecule has 0 aliphatic heterocycles. The first kappa shape index (κ1) is 21.8. The quantitative estimate of drug-likeness (QED) is 0.289. The zero-order valence-electron chi connectivity index (χ0n) is 17.0. The number of hydrogen-bond donors (Lipinski definition) is 0. The maximum atomic E-state index is 5.87. The molecule has 0 radical (unpaired) electrons. The van der Waals surface area contributed by atoms with E-state index in [1.807, 2.05) is 12.1 Å². The molecule has 0 N–H and O–H groups in total. The third-order valence-corrected chi connectivity index (χ3v) is 4.60. The molecule has 0 aliphatic carbocycles. The summed E-state index contributed by atoms with van der Waals surface area (Å²) >= 11 is 0. The molecular formula is C23H38O2. The lowest BCUT2D eigenvalue weighted by atomic mass is 9.94. The van der Waals surface area contributed by atoms with Gasteiger partial charge in [-0.15, -0.1) is 0 Å². The van der Waals surface area contributed by atoms with Crippen LogP contribution < -0.4 is 4.74 Å². The van der Waals surface area contributed by atoms with Crippen molar-refractivity contribution in [1.29, 1.82) is 0 Å². The van der Waals surface area contributed by atoms with Crippen LogP contribution in [-0.2, 0) is 11.3 Å². The smallest absolute Gasteiger partial charge is 0.118 e. The molecule has 0 saturated heterocycles.